The van der Waals surface area contributed by atoms with Crippen LogP contribution in [-0.2, 0) is 19.9 Å². The summed E-state index contributed by atoms with van der Waals surface area (Å²) < 4.78 is 0.816. The largest absolute Gasteiger partial charge is 0.324 e. The highest BCUT2D eigenvalue weighted by atomic mass is 79.9. The zero-order valence-electron chi connectivity index (χ0n) is 16.1. The summed E-state index contributed by atoms with van der Waals surface area (Å²) in [5, 5.41) is 3.64. The number of halogens is 3. The number of amides is 3. The predicted molar refractivity (Wildman–Crippen MR) is 120 cm³/mol. The Morgan fingerprint density at radius 1 is 1.03 bits per heavy atom. The summed E-state index contributed by atoms with van der Waals surface area (Å²) in [4.78, 5) is 44.3. The number of rotatable bonds is 1. The smallest absolute Gasteiger partial charge is 0.250 e. The molecule has 1 N–H and O–H groups in total. The van der Waals surface area contributed by atoms with Gasteiger partial charge in [-0.05, 0) is 55.8 Å². The van der Waals surface area contributed by atoms with E-state index < -0.39 is 17.4 Å². The van der Waals surface area contributed by atoms with E-state index in [2.05, 4.69) is 26.1 Å². The highest BCUT2D eigenvalue weighted by Gasteiger charge is 2.74. The van der Waals surface area contributed by atoms with Gasteiger partial charge in [-0.15, -0.1) is 0 Å². The molecule has 9 heteroatoms. The Morgan fingerprint density at radius 2 is 1.77 bits per heavy atom. The van der Waals surface area contributed by atoms with E-state index in [-0.39, 0.29) is 23.8 Å². The van der Waals surface area contributed by atoms with Crippen molar-refractivity contribution in [1.29, 1.82) is 0 Å². The van der Waals surface area contributed by atoms with Crippen molar-refractivity contribution in [2.45, 2.75) is 24.4 Å². The molecule has 1 spiro atoms. The van der Waals surface area contributed by atoms with Gasteiger partial charge in [0.05, 0.1) is 17.5 Å². The van der Waals surface area contributed by atoms with Gasteiger partial charge in [0.25, 0.3) is 0 Å². The van der Waals surface area contributed by atoms with Crippen molar-refractivity contribution >= 4 is 68.2 Å². The summed E-state index contributed by atoms with van der Waals surface area (Å²) in [6.45, 7) is 0.667. The zero-order chi connectivity index (χ0) is 21.7. The second-order valence-corrected chi connectivity index (χ2v) is 10.2. The zero-order valence-corrected chi connectivity index (χ0v) is 19.2. The van der Waals surface area contributed by atoms with Gasteiger partial charge in [-0.25, -0.2) is 4.90 Å². The Bertz CT molecular complexity index is 1180. The number of carbonyl (C=O) groups excluding carboxylic acids is 3. The molecule has 2 aromatic carbocycles. The number of imide groups is 1. The molecule has 0 radical (unpaired) electrons. The molecular weight excluding hydrogens is 505 g/mol. The first-order valence-corrected chi connectivity index (χ1v) is 11.6. The first-order valence-electron chi connectivity index (χ1n) is 10.1. The molecule has 4 aliphatic rings. The summed E-state index contributed by atoms with van der Waals surface area (Å²) in [6, 6.07) is 10.1. The van der Waals surface area contributed by atoms with Crippen molar-refractivity contribution in [2.24, 2.45) is 11.8 Å². The third-order valence-corrected chi connectivity index (χ3v) is 7.99. The van der Waals surface area contributed by atoms with Gasteiger partial charge in [0.15, 0.2) is 0 Å². The fourth-order valence-corrected chi connectivity index (χ4v) is 6.97. The minimum Gasteiger partial charge on any atom is -0.324 e. The highest BCUT2D eigenvalue weighted by Crippen LogP contribution is 2.61. The second-order valence-electron chi connectivity index (χ2n) is 8.46. The summed E-state index contributed by atoms with van der Waals surface area (Å²) in [6.07, 6.45) is 1.64. The highest BCUT2D eigenvalue weighted by molar-refractivity contribution is 9.10. The van der Waals surface area contributed by atoms with Crippen LogP contribution >= 0.6 is 39.1 Å². The molecular formula is C22H16BrCl2N3O3. The van der Waals surface area contributed by atoms with E-state index in [1.54, 1.807) is 18.2 Å². The van der Waals surface area contributed by atoms with E-state index in [1.165, 1.54) is 4.90 Å². The fourth-order valence-electron chi connectivity index (χ4n) is 6.10. The van der Waals surface area contributed by atoms with E-state index in [0.717, 1.165) is 22.9 Å². The van der Waals surface area contributed by atoms with E-state index in [1.807, 2.05) is 18.2 Å². The maximum atomic E-state index is 13.9. The molecule has 3 saturated heterocycles. The second kappa shape index (κ2) is 6.54. The summed E-state index contributed by atoms with van der Waals surface area (Å²) in [7, 11) is 0. The number of nitrogens with one attached hydrogen (secondary N) is 1. The Kier molecular flexibility index (Phi) is 4.16. The van der Waals surface area contributed by atoms with Crippen LogP contribution < -0.4 is 10.2 Å². The van der Waals surface area contributed by atoms with Crippen LogP contribution in [0.1, 0.15) is 18.4 Å². The van der Waals surface area contributed by atoms with Gasteiger partial charge in [-0.1, -0.05) is 39.1 Å². The third kappa shape index (κ3) is 2.40. The first kappa shape index (κ1) is 19.7. The van der Waals surface area contributed by atoms with Crippen molar-refractivity contribution in [3.8, 4) is 0 Å². The molecule has 6 rings (SSSR count). The van der Waals surface area contributed by atoms with Crippen LogP contribution in [0.4, 0.5) is 11.4 Å². The molecule has 31 heavy (non-hydrogen) atoms. The topological polar surface area (TPSA) is 69.7 Å². The molecule has 0 unspecified atom stereocenters. The van der Waals surface area contributed by atoms with Crippen LogP contribution in [0.3, 0.4) is 0 Å². The van der Waals surface area contributed by atoms with Gasteiger partial charge in [0.1, 0.15) is 5.54 Å². The average molecular weight is 521 g/mol. The molecule has 3 fully saturated rings. The number of benzene rings is 2. The quantitative estimate of drug-likeness (QED) is 0.572. The van der Waals surface area contributed by atoms with E-state index in [9.17, 15) is 14.4 Å². The molecule has 0 bridgehead atoms. The monoisotopic (exact) mass is 519 g/mol. The minimum atomic E-state index is -1.20. The molecule has 2 aromatic rings. The van der Waals surface area contributed by atoms with Gasteiger partial charge in [0, 0.05) is 31.8 Å². The third-order valence-electron chi connectivity index (χ3n) is 7.06. The van der Waals surface area contributed by atoms with Crippen LogP contribution in [0.5, 0.6) is 0 Å². The molecule has 4 atom stereocenters. The maximum absolute atomic E-state index is 13.9. The fraction of sp³-hybridized carbons (Fsp3) is 0.318. The molecule has 3 amide bonds. The van der Waals surface area contributed by atoms with E-state index in [0.29, 0.717) is 28.0 Å². The van der Waals surface area contributed by atoms with Crippen molar-refractivity contribution in [2.75, 3.05) is 16.8 Å². The first-order chi connectivity index (χ1) is 14.8. The van der Waals surface area contributed by atoms with E-state index in [4.69, 9.17) is 23.2 Å². The lowest BCUT2D eigenvalue weighted by Gasteiger charge is -2.36. The lowest BCUT2D eigenvalue weighted by Crippen LogP contribution is -2.54. The molecule has 0 aromatic heterocycles. The van der Waals surface area contributed by atoms with Gasteiger partial charge in [-0.2, -0.15) is 0 Å². The molecule has 4 heterocycles. The minimum absolute atomic E-state index is 0.170. The number of hydrogen-bond acceptors (Lipinski definition) is 4. The maximum Gasteiger partial charge on any atom is 0.250 e. The Balaban J connectivity index is 1.57. The molecule has 0 saturated carbocycles. The summed E-state index contributed by atoms with van der Waals surface area (Å²) >= 11 is 15.8. The van der Waals surface area contributed by atoms with Crippen molar-refractivity contribution < 1.29 is 14.4 Å². The van der Waals surface area contributed by atoms with Crippen LogP contribution in [0.15, 0.2) is 40.9 Å². The van der Waals surface area contributed by atoms with Crippen LogP contribution in [0.2, 0.25) is 10.0 Å². The standard InChI is InChI=1S/C22H16BrCl2N3O3/c23-10-3-4-15-14(6-10)22(21(31)26-15)18-17(16-2-1-5-27(16)22)19(29)28(20(18)30)13-8-11(24)7-12(25)9-13/h3-4,6-9,16-18H,1-2,5H2,(H,26,31)/t16-,17+,18-,22-/m0/s1. The number of nitrogens with zero attached hydrogens (tertiary/aromatic N) is 2. The van der Waals surface area contributed by atoms with Crippen LogP contribution in [-0.4, -0.2) is 35.2 Å². The number of fused-ring (bicyclic) bond motifs is 7. The van der Waals surface area contributed by atoms with Crippen molar-refractivity contribution in [1.82, 2.24) is 4.90 Å². The average Bonchev–Trinajstić information content (AvgIpc) is 3.39. The lowest BCUT2D eigenvalue weighted by molar-refractivity contribution is -0.135. The lowest BCUT2D eigenvalue weighted by atomic mass is 9.75. The predicted octanol–water partition coefficient (Wildman–Crippen LogP) is 4.19. The molecule has 6 nitrogen and oxygen atoms in total. The number of anilines is 2. The van der Waals surface area contributed by atoms with Crippen molar-refractivity contribution in [3.05, 3.63) is 56.5 Å². The van der Waals surface area contributed by atoms with Crippen LogP contribution in [0, 0.1) is 11.8 Å². The Morgan fingerprint density at radius 3 is 2.52 bits per heavy atom. The van der Waals surface area contributed by atoms with Gasteiger partial charge in [-0.3, -0.25) is 19.3 Å². The van der Waals surface area contributed by atoms with Gasteiger partial charge < -0.3 is 5.32 Å². The summed E-state index contributed by atoms with van der Waals surface area (Å²) in [5.74, 6) is -2.32. The molecule has 158 valence electrons. The SMILES string of the molecule is O=C1[C@H]2[C@@H](C(=O)N1c1cc(Cl)cc(Cl)c1)[C@@]1(C(=O)Nc3ccc(Br)cc31)N1CCC[C@@H]21. The summed E-state index contributed by atoms with van der Waals surface area (Å²) in [5.41, 5.74) is 0.575. The molecule has 4 aliphatic heterocycles. The number of hydrogen-bond donors (Lipinski definition) is 1. The normalized spacial score (nSPS) is 31.4. The van der Waals surface area contributed by atoms with Crippen LogP contribution in [0.25, 0.3) is 0 Å². The van der Waals surface area contributed by atoms with E-state index >= 15 is 0 Å². The van der Waals surface area contributed by atoms with Gasteiger partial charge >= 0.3 is 0 Å². The Hall–Kier alpha value is -1.93. The molecule has 0 aliphatic carbocycles. The van der Waals surface area contributed by atoms with Gasteiger partial charge in [0.2, 0.25) is 17.7 Å². The number of carbonyl (C=O) groups is 3. The van der Waals surface area contributed by atoms with Crippen molar-refractivity contribution in [3.63, 3.8) is 0 Å². The Labute approximate surface area is 196 Å².